The zero-order valence-corrected chi connectivity index (χ0v) is 9.85. The molecule has 0 saturated heterocycles. The van der Waals surface area contributed by atoms with Crippen LogP contribution in [0.2, 0.25) is 10.0 Å². The molecule has 0 aliphatic rings. The van der Waals surface area contributed by atoms with Crippen molar-refractivity contribution in [3.05, 3.63) is 33.8 Å². The Morgan fingerprint density at radius 1 is 1.40 bits per heavy atom. The van der Waals surface area contributed by atoms with E-state index in [1.807, 2.05) is 13.0 Å². The fraction of sp³-hybridized carbons (Fsp3) is 0.300. The van der Waals surface area contributed by atoms with E-state index in [1.54, 1.807) is 12.1 Å². The fourth-order valence-corrected chi connectivity index (χ4v) is 1.27. The van der Waals surface area contributed by atoms with Crippen molar-refractivity contribution in [2.45, 2.75) is 6.92 Å². The molecule has 0 spiro atoms. The van der Waals surface area contributed by atoms with Crippen LogP contribution in [0.15, 0.2) is 23.4 Å². The third-order valence-corrected chi connectivity index (χ3v) is 2.49. The van der Waals surface area contributed by atoms with Gasteiger partial charge in [-0.05, 0) is 19.1 Å². The highest BCUT2D eigenvalue weighted by Gasteiger charge is 2.02. The van der Waals surface area contributed by atoms with E-state index in [2.05, 4.69) is 5.16 Å². The Bertz CT molecular complexity index is 366. The zero-order valence-electron chi connectivity index (χ0n) is 8.34. The second-order valence-electron chi connectivity index (χ2n) is 2.93. The lowest BCUT2D eigenvalue weighted by Gasteiger charge is -2.02. The second-order valence-corrected chi connectivity index (χ2v) is 3.74. The minimum Gasteiger partial charge on any atom is -0.394 e. The molecule has 1 aromatic rings. The summed E-state index contributed by atoms with van der Waals surface area (Å²) in [5.41, 5.74) is 6.88. The molecule has 0 aromatic heterocycles. The van der Waals surface area contributed by atoms with Gasteiger partial charge in [0, 0.05) is 12.1 Å². The Morgan fingerprint density at radius 3 is 2.73 bits per heavy atom. The number of rotatable bonds is 4. The lowest BCUT2D eigenvalue weighted by molar-refractivity contribution is 0.152. The average molecular weight is 247 g/mol. The molecule has 3 nitrogen and oxygen atoms in total. The number of oxime groups is 1. The van der Waals surface area contributed by atoms with Gasteiger partial charge >= 0.3 is 0 Å². The lowest BCUT2D eigenvalue weighted by atomic mass is 10.1. The summed E-state index contributed by atoms with van der Waals surface area (Å²) in [5.74, 6) is 0. The van der Waals surface area contributed by atoms with Gasteiger partial charge in [-0.2, -0.15) is 0 Å². The average Bonchev–Trinajstić information content (AvgIpc) is 2.22. The standard InChI is InChI=1S/C10H12Cl2N2O/c1-7(14-15-5-4-13)8-2-3-9(11)10(12)6-8/h2-3,6H,4-5,13H2,1H3/b14-7+. The molecule has 82 valence electrons. The van der Waals surface area contributed by atoms with E-state index >= 15 is 0 Å². The van der Waals surface area contributed by atoms with Crippen molar-refractivity contribution in [3.8, 4) is 0 Å². The first-order valence-corrected chi connectivity index (χ1v) is 5.23. The maximum Gasteiger partial charge on any atom is 0.129 e. The van der Waals surface area contributed by atoms with Crippen LogP contribution in [0, 0.1) is 0 Å². The van der Waals surface area contributed by atoms with Crippen LogP contribution in [0.4, 0.5) is 0 Å². The molecule has 0 bridgehead atoms. The van der Waals surface area contributed by atoms with E-state index in [1.165, 1.54) is 0 Å². The van der Waals surface area contributed by atoms with E-state index < -0.39 is 0 Å². The number of nitrogens with two attached hydrogens (primary N) is 1. The molecule has 15 heavy (non-hydrogen) atoms. The Balaban J connectivity index is 2.77. The highest BCUT2D eigenvalue weighted by atomic mass is 35.5. The molecule has 0 heterocycles. The van der Waals surface area contributed by atoms with Crippen LogP contribution in [0.3, 0.4) is 0 Å². The summed E-state index contributed by atoms with van der Waals surface area (Å²) in [6, 6.07) is 5.30. The number of halogens is 2. The smallest absolute Gasteiger partial charge is 0.129 e. The van der Waals surface area contributed by atoms with Gasteiger partial charge in [-0.1, -0.05) is 34.4 Å². The van der Waals surface area contributed by atoms with Crippen LogP contribution in [-0.2, 0) is 4.84 Å². The van der Waals surface area contributed by atoms with E-state index in [4.69, 9.17) is 33.8 Å². The quantitative estimate of drug-likeness (QED) is 0.505. The molecule has 1 aromatic carbocycles. The summed E-state index contributed by atoms with van der Waals surface area (Å²) < 4.78 is 0. The molecule has 0 aliphatic carbocycles. The molecular formula is C10H12Cl2N2O. The SMILES string of the molecule is C/C(=N\OCCN)c1ccc(Cl)c(Cl)c1. The van der Waals surface area contributed by atoms with Crippen LogP contribution in [0.1, 0.15) is 12.5 Å². The highest BCUT2D eigenvalue weighted by Crippen LogP contribution is 2.22. The van der Waals surface area contributed by atoms with Gasteiger partial charge in [-0.15, -0.1) is 0 Å². The maximum absolute atomic E-state index is 5.87. The molecule has 0 unspecified atom stereocenters. The maximum atomic E-state index is 5.87. The van der Waals surface area contributed by atoms with Crippen LogP contribution in [0.25, 0.3) is 0 Å². The summed E-state index contributed by atoms with van der Waals surface area (Å²) in [7, 11) is 0. The first kappa shape index (κ1) is 12.3. The second kappa shape index (κ2) is 5.95. The number of benzene rings is 1. The van der Waals surface area contributed by atoms with E-state index in [0.29, 0.717) is 23.2 Å². The Hall–Kier alpha value is -0.770. The van der Waals surface area contributed by atoms with Crippen molar-refractivity contribution in [1.82, 2.24) is 0 Å². The van der Waals surface area contributed by atoms with E-state index in [0.717, 1.165) is 11.3 Å². The summed E-state index contributed by atoms with van der Waals surface area (Å²) in [6.07, 6.45) is 0. The number of hydrogen-bond acceptors (Lipinski definition) is 3. The lowest BCUT2D eigenvalue weighted by Crippen LogP contribution is -2.06. The largest absolute Gasteiger partial charge is 0.394 e. The third kappa shape index (κ3) is 3.70. The molecule has 0 amide bonds. The molecule has 0 fully saturated rings. The molecule has 0 atom stereocenters. The third-order valence-electron chi connectivity index (χ3n) is 1.75. The van der Waals surface area contributed by atoms with Crippen molar-refractivity contribution in [3.63, 3.8) is 0 Å². The first-order chi connectivity index (χ1) is 7.15. The van der Waals surface area contributed by atoms with Gasteiger partial charge in [-0.25, -0.2) is 0 Å². The van der Waals surface area contributed by atoms with Gasteiger partial charge < -0.3 is 10.6 Å². The monoisotopic (exact) mass is 246 g/mol. The van der Waals surface area contributed by atoms with Crippen molar-refractivity contribution in [2.75, 3.05) is 13.2 Å². The molecule has 0 saturated carbocycles. The molecule has 0 radical (unpaired) electrons. The molecular weight excluding hydrogens is 235 g/mol. The predicted molar refractivity (Wildman–Crippen MR) is 63.7 cm³/mol. The van der Waals surface area contributed by atoms with Crippen molar-refractivity contribution in [1.29, 1.82) is 0 Å². The Kier molecular flexibility index (Phi) is 4.88. The predicted octanol–water partition coefficient (Wildman–Crippen LogP) is 2.69. The van der Waals surface area contributed by atoms with Crippen molar-refractivity contribution >= 4 is 28.9 Å². The van der Waals surface area contributed by atoms with Gasteiger partial charge in [0.05, 0.1) is 15.8 Å². The van der Waals surface area contributed by atoms with Crippen LogP contribution < -0.4 is 5.73 Å². The minimum atomic E-state index is 0.401. The van der Waals surface area contributed by atoms with Crippen LogP contribution in [-0.4, -0.2) is 18.9 Å². The number of nitrogens with zero attached hydrogens (tertiary/aromatic N) is 1. The summed E-state index contributed by atoms with van der Waals surface area (Å²) in [6.45, 7) is 2.67. The summed E-state index contributed by atoms with van der Waals surface area (Å²) in [5, 5.41) is 4.92. The van der Waals surface area contributed by atoms with Crippen molar-refractivity contribution < 1.29 is 4.84 Å². The van der Waals surface area contributed by atoms with Gasteiger partial charge in [0.2, 0.25) is 0 Å². The Labute approximate surface area is 98.8 Å². The van der Waals surface area contributed by atoms with Crippen LogP contribution >= 0.6 is 23.2 Å². The minimum absolute atomic E-state index is 0.401. The van der Waals surface area contributed by atoms with Gasteiger partial charge in [-0.3, -0.25) is 0 Å². The molecule has 2 N–H and O–H groups in total. The fourth-order valence-electron chi connectivity index (χ4n) is 0.969. The molecule has 1 rings (SSSR count). The number of hydrogen-bond donors (Lipinski definition) is 1. The topological polar surface area (TPSA) is 47.6 Å². The summed E-state index contributed by atoms with van der Waals surface area (Å²) in [4.78, 5) is 4.96. The van der Waals surface area contributed by atoms with Gasteiger partial charge in [0.1, 0.15) is 6.61 Å². The zero-order chi connectivity index (χ0) is 11.3. The van der Waals surface area contributed by atoms with E-state index in [-0.39, 0.29) is 0 Å². The van der Waals surface area contributed by atoms with E-state index in [9.17, 15) is 0 Å². The van der Waals surface area contributed by atoms with Gasteiger partial charge in [0.25, 0.3) is 0 Å². The highest BCUT2D eigenvalue weighted by molar-refractivity contribution is 6.42. The Morgan fingerprint density at radius 2 is 2.13 bits per heavy atom. The normalized spacial score (nSPS) is 11.6. The molecule has 5 heteroatoms. The van der Waals surface area contributed by atoms with Crippen molar-refractivity contribution in [2.24, 2.45) is 10.9 Å². The first-order valence-electron chi connectivity index (χ1n) is 4.47. The molecule has 0 aliphatic heterocycles. The van der Waals surface area contributed by atoms with Crippen LogP contribution in [0.5, 0.6) is 0 Å². The van der Waals surface area contributed by atoms with Gasteiger partial charge in [0.15, 0.2) is 0 Å². The summed E-state index contributed by atoms with van der Waals surface area (Å²) >= 11 is 11.7.